The summed E-state index contributed by atoms with van der Waals surface area (Å²) in [6, 6.07) is 1.88. The first kappa shape index (κ1) is 14.7. The van der Waals surface area contributed by atoms with Gasteiger partial charge in [0.2, 0.25) is 5.91 Å². The zero-order valence-corrected chi connectivity index (χ0v) is 12.0. The van der Waals surface area contributed by atoms with Crippen molar-refractivity contribution in [2.45, 2.75) is 26.9 Å². The Morgan fingerprint density at radius 1 is 1.43 bits per heavy atom. The first-order chi connectivity index (χ1) is 9.86. The Morgan fingerprint density at radius 3 is 2.67 bits per heavy atom. The molecular weight excluding hydrogens is 276 g/mol. The summed E-state index contributed by atoms with van der Waals surface area (Å²) in [5.41, 5.74) is 1.95. The van der Waals surface area contributed by atoms with Gasteiger partial charge < -0.3 is 5.32 Å². The van der Waals surface area contributed by atoms with Gasteiger partial charge in [0, 0.05) is 7.05 Å². The first-order valence-corrected chi connectivity index (χ1v) is 6.31. The number of amides is 1. The van der Waals surface area contributed by atoms with Crippen LogP contribution in [0.5, 0.6) is 0 Å². The van der Waals surface area contributed by atoms with Gasteiger partial charge in [0.05, 0.1) is 22.9 Å². The van der Waals surface area contributed by atoms with Crippen LogP contribution in [-0.2, 0) is 24.9 Å². The average Bonchev–Trinajstić information content (AvgIpc) is 2.89. The first-order valence-electron chi connectivity index (χ1n) is 6.31. The van der Waals surface area contributed by atoms with Gasteiger partial charge in [-0.05, 0) is 19.9 Å². The number of nitrogens with one attached hydrogen (secondary N) is 1. The molecule has 0 spiro atoms. The SMILES string of the molecule is Cc1cc(CNC(=O)Cn2cc([N+](=O)[O-])c(C)n2)n(C)n1. The monoisotopic (exact) mass is 292 g/mol. The highest BCUT2D eigenvalue weighted by molar-refractivity contribution is 5.75. The van der Waals surface area contributed by atoms with Crippen LogP contribution in [0.1, 0.15) is 17.1 Å². The third-order valence-corrected chi connectivity index (χ3v) is 2.99. The number of nitrogens with zero attached hydrogens (tertiary/aromatic N) is 5. The number of nitro groups is 1. The zero-order chi connectivity index (χ0) is 15.6. The van der Waals surface area contributed by atoms with E-state index in [9.17, 15) is 14.9 Å². The van der Waals surface area contributed by atoms with Crippen LogP contribution in [0.25, 0.3) is 0 Å². The molecule has 2 heterocycles. The highest BCUT2D eigenvalue weighted by Gasteiger charge is 2.16. The van der Waals surface area contributed by atoms with Gasteiger partial charge in [0.25, 0.3) is 0 Å². The summed E-state index contributed by atoms with van der Waals surface area (Å²) < 4.78 is 2.95. The Labute approximate surface area is 120 Å². The summed E-state index contributed by atoms with van der Waals surface area (Å²) in [5.74, 6) is -0.272. The lowest BCUT2D eigenvalue weighted by atomic mass is 10.3. The van der Waals surface area contributed by atoms with Gasteiger partial charge in [-0.2, -0.15) is 10.2 Å². The topological polar surface area (TPSA) is 108 Å². The average molecular weight is 292 g/mol. The van der Waals surface area contributed by atoms with Crippen LogP contribution in [0, 0.1) is 24.0 Å². The number of carbonyl (C=O) groups is 1. The van der Waals surface area contributed by atoms with E-state index >= 15 is 0 Å². The zero-order valence-electron chi connectivity index (χ0n) is 12.0. The van der Waals surface area contributed by atoms with Gasteiger partial charge in [0.15, 0.2) is 0 Å². The van der Waals surface area contributed by atoms with Gasteiger partial charge in [-0.1, -0.05) is 0 Å². The van der Waals surface area contributed by atoms with E-state index in [1.54, 1.807) is 11.7 Å². The third kappa shape index (κ3) is 3.44. The van der Waals surface area contributed by atoms with Crippen molar-refractivity contribution in [1.29, 1.82) is 0 Å². The van der Waals surface area contributed by atoms with E-state index in [1.807, 2.05) is 13.0 Å². The number of hydrogen-bond donors (Lipinski definition) is 1. The number of carbonyl (C=O) groups excluding carboxylic acids is 1. The second kappa shape index (κ2) is 5.73. The lowest BCUT2D eigenvalue weighted by Crippen LogP contribution is -2.28. The minimum Gasteiger partial charge on any atom is -0.349 e. The molecule has 1 N–H and O–H groups in total. The van der Waals surface area contributed by atoms with Crippen molar-refractivity contribution in [2.75, 3.05) is 0 Å². The molecule has 9 nitrogen and oxygen atoms in total. The summed E-state index contributed by atoms with van der Waals surface area (Å²) in [7, 11) is 1.80. The van der Waals surface area contributed by atoms with Crippen LogP contribution in [0.3, 0.4) is 0 Å². The van der Waals surface area contributed by atoms with E-state index in [2.05, 4.69) is 15.5 Å². The van der Waals surface area contributed by atoms with Gasteiger partial charge in [-0.15, -0.1) is 0 Å². The Bertz CT molecular complexity index is 687. The maximum absolute atomic E-state index is 11.8. The van der Waals surface area contributed by atoms with Gasteiger partial charge in [-0.3, -0.25) is 24.3 Å². The van der Waals surface area contributed by atoms with Crippen LogP contribution < -0.4 is 5.32 Å². The Morgan fingerprint density at radius 2 is 2.14 bits per heavy atom. The standard InChI is InChI=1S/C12H16N6O3/c1-8-4-10(16(3)14-8)5-13-12(19)7-17-6-11(18(20)21)9(2)15-17/h4,6H,5,7H2,1-3H3,(H,13,19). The molecule has 0 saturated carbocycles. The second-order valence-electron chi connectivity index (χ2n) is 4.73. The number of aromatic nitrogens is 4. The molecule has 21 heavy (non-hydrogen) atoms. The molecular formula is C12H16N6O3. The van der Waals surface area contributed by atoms with E-state index in [-0.39, 0.29) is 23.8 Å². The van der Waals surface area contributed by atoms with E-state index in [1.165, 1.54) is 17.8 Å². The number of hydrogen-bond acceptors (Lipinski definition) is 5. The largest absolute Gasteiger partial charge is 0.349 e. The Hall–Kier alpha value is -2.71. The molecule has 0 fully saturated rings. The molecule has 0 aliphatic rings. The van der Waals surface area contributed by atoms with Crippen molar-refractivity contribution in [3.63, 3.8) is 0 Å². The van der Waals surface area contributed by atoms with Gasteiger partial charge in [-0.25, -0.2) is 0 Å². The highest BCUT2D eigenvalue weighted by atomic mass is 16.6. The van der Waals surface area contributed by atoms with Crippen LogP contribution in [-0.4, -0.2) is 30.4 Å². The van der Waals surface area contributed by atoms with E-state index in [0.717, 1.165) is 11.4 Å². The molecule has 0 aliphatic heterocycles. The van der Waals surface area contributed by atoms with Crippen LogP contribution >= 0.6 is 0 Å². The van der Waals surface area contributed by atoms with Crippen LogP contribution in [0.15, 0.2) is 12.3 Å². The highest BCUT2D eigenvalue weighted by Crippen LogP contribution is 2.14. The van der Waals surface area contributed by atoms with Crippen LogP contribution in [0.2, 0.25) is 0 Å². The van der Waals surface area contributed by atoms with E-state index in [4.69, 9.17) is 0 Å². The van der Waals surface area contributed by atoms with E-state index in [0.29, 0.717) is 6.54 Å². The molecule has 0 atom stereocenters. The van der Waals surface area contributed by atoms with Crippen molar-refractivity contribution in [3.05, 3.63) is 39.5 Å². The van der Waals surface area contributed by atoms with Crippen molar-refractivity contribution in [3.8, 4) is 0 Å². The lowest BCUT2D eigenvalue weighted by Gasteiger charge is -2.05. The Balaban J connectivity index is 1.94. The molecule has 0 saturated heterocycles. The molecule has 1 amide bonds. The summed E-state index contributed by atoms with van der Waals surface area (Å²) in [6.07, 6.45) is 1.25. The molecule has 112 valence electrons. The van der Waals surface area contributed by atoms with Gasteiger partial charge in [0.1, 0.15) is 18.4 Å². The molecule has 0 unspecified atom stereocenters. The second-order valence-corrected chi connectivity index (χ2v) is 4.73. The molecule has 0 aliphatic carbocycles. The summed E-state index contributed by atoms with van der Waals surface area (Å²) in [4.78, 5) is 22.0. The smallest absolute Gasteiger partial charge is 0.309 e. The fraction of sp³-hybridized carbons (Fsp3) is 0.417. The van der Waals surface area contributed by atoms with E-state index < -0.39 is 4.92 Å². The minimum absolute atomic E-state index is 0.0640. The lowest BCUT2D eigenvalue weighted by molar-refractivity contribution is -0.385. The fourth-order valence-corrected chi connectivity index (χ4v) is 1.99. The fourth-order valence-electron chi connectivity index (χ4n) is 1.99. The molecule has 2 aromatic heterocycles. The Kier molecular flexibility index (Phi) is 4.01. The predicted molar refractivity (Wildman–Crippen MR) is 73.4 cm³/mol. The third-order valence-electron chi connectivity index (χ3n) is 2.99. The summed E-state index contributed by atoms with van der Waals surface area (Å²) >= 11 is 0. The molecule has 0 radical (unpaired) electrons. The van der Waals surface area contributed by atoms with Crippen molar-refractivity contribution < 1.29 is 9.72 Å². The summed E-state index contributed by atoms with van der Waals surface area (Å²) in [5, 5.41) is 21.6. The number of aryl methyl sites for hydroxylation is 3. The minimum atomic E-state index is -0.519. The summed E-state index contributed by atoms with van der Waals surface area (Å²) in [6.45, 7) is 3.69. The van der Waals surface area contributed by atoms with Crippen molar-refractivity contribution in [1.82, 2.24) is 24.9 Å². The molecule has 2 aromatic rings. The molecule has 9 heteroatoms. The molecule has 0 bridgehead atoms. The number of rotatable bonds is 5. The molecule has 2 rings (SSSR count). The quantitative estimate of drug-likeness (QED) is 0.636. The maximum Gasteiger partial charge on any atom is 0.309 e. The maximum atomic E-state index is 11.8. The predicted octanol–water partition coefficient (Wildman–Crippen LogP) is 0.458. The van der Waals surface area contributed by atoms with Gasteiger partial charge >= 0.3 is 5.69 Å². The van der Waals surface area contributed by atoms with Crippen molar-refractivity contribution >= 4 is 11.6 Å². The molecule has 0 aromatic carbocycles. The normalized spacial score (nSPS) is 10.6. The van der Waals surface area contributed by atoms with Crippen molar-refractivity contribution in [2.24, 2.45) is 7.05 Å². The van der Waals surface area contributed by atoms with Crippen LogP contribution in [0.4, 0.5) is 5.69 Å².